The molecular weight excluding hydrogens is 258 g/mol. The number of aliphatic hydroxyl groups excluding tert-OH is 1. The molecule has 1 N–H and O–H groups in total. The highest BCUT2D eigenvalue weighted by Gasteiger charge is 2.22. The van der Waals surface area contributed by atoms with Crippen molar-refractivity contribution in [1.82, 2.24) is 4.90 Å². The number of aliphatic hydroxyl groups is 1. The van der Waals surface area contributed by atoms with E-state index in [-0.39, 0.29) is 12.5 Å². The maximum Gasteiger partial charge on any atom is 0.257 e. The first-order valence-electron chi connectivity index (χ1n) is 6.99. The Kier molecular flexibility index (Phi) is 5.24. The van der Waals surface area contributed by atoms with Crippen LogP contribution in [0.1, 0.15) is 29.6 Å². The number of hydrogen-bond donors (Lipinski definition) is 1. The largest absolute Gasteiger partial charge is 0.486 e. The minimum atomic E-state index is -0.0589. The van der Waals surface area contributed by atoms with Crippen LogP contribution in [0.2, 0.25) is 0 Å². The van der Waals surface area contributed by atoms with E-state index in [0.717, 1.165) is 19.3 Å². The van der Waals surface area contributed by atoms with Crippen LogP contribution in [0.25, 0.3) is 0 Å². The molecule has 0 aliphatic carbocycles. The fourth-order valence-corrected chi connectivity index (χ4v) is 2.19. The molecule has 0 atom stereocenters. The Hall–Kier alpha value is -1.75. The summed E-state index contributed by atoms with van der Waals surface area (Å²) >= 11 is 0. The summed E-state index contributed by atoms with van der Waals surface area (Å²) in [5.74, 6) is 1.12. The Morgan fingerprint density at radius 2 is 2.05 bits per heavy atom. The van der Waals surface area contributed by atoms with Crippen molar-refractivity contribution in [3.63, 3.8) is 0 Å². The highest BCUT2D eigenvalue weighted by molar-refractivity contribution is 5.97. The molecule has 1 aliphatic heterocycles. The monoisotopic (exact) mass is 279 g/mol. The third-order valence-corrected chi connectivity index (χ3v) is 3.29. The SMILES string of the molecule is CN(CCCCCO)C(=O)c1cccc2c1OCCO2. The number of amides is 1. The first-order valence-corrected chi connectivity index (χ1v) is 6.99. The number of carbonyl (C=O) groups is 1. The van der Waals surface area contributed by atoms with Gasteiger partial charge in [-0.25, -0.2) is 0 Å². The van der Waals surface area contributed by atoms with E-state index in [1.54, 1.807) is 24.1 Å². The van der Waals surface area contributed by atoms with E-state index in [2.05, 4.69) is 0 Å². The number of benzene rings is 1. The quantitative estimate of drug-likeness (QED) is 0.805. The molecule has 5 nitrogen and oxygen atoms in total. The molecule has 5 heteroatoms. The summed E-state index contributed by atoms with van der Waals surface area (Å²) in [6, 6.07) is 5.38. The molecule has 1 heterocycles. The van der Waals surface area contributed by atoms with Crippen LogP contribution in [0.15, 0.2) is 18.2 Å². The number of unbranched alkanes of at least 4 members (excludes halogenated alkanes) is 2. The van der Waals surface area contributed by atoms with Crippen molar-refractivity contribution in [2.75, 3.05) is 33.4 Å². The van der Waals surface area contributed by atoms with Gasteiger partial charge in [0.1, 0.15) is 13.2 Å². The number of para-hydroxylation sites is 1. The molecule has 1 aromatic carbocycles. The number of rotatable bonds is 6. The van der Waals surface area contributed by atoms with Crippen LogP contribution in [0, 0.1) is 0 Å². The molecule has 0 saturated heterocycles. The number of fused-ring (bicyclic) bond motifs is 1. The Balaban J connectivity index is 2.01. The molecule has 1 aliphatic rings. The maximum atomic E-state index is 12.4. The van der Waals surface area contributed by atoms with Crippen molar-refractivity contribution in [3.8, 4) is 11.5 Å². The number of carbonyl (C=O) groups excluding carboxylic acids is 1. The zero-order chi connectivity index (χ0) is 14.4. The molecule has 20 heavy (non-hydrogen) atoms. The highest BCUT2D eigenvalue weighted by Crippen LogP contribution is 2.34. The van der Waals surface area contributed by atoms with Crippen molar-refractivity contribution < 1.29 is 19.4 Å². The summed E-state index contributed by atoms with van der Waals surface area (Å²) in [7, 11) is 1.78. The highest BCUT2D eigenvalue weighted by atomic mass is 16.6. The Labute approximate surface area is 119 Å². The minimum Gasteiger partial charge on any atom is -0.486 e. The number of hydrogen-bond acceptors (Lipinski definition) is 4. The van der Waals surface area contributed by atoms with E-state index >= 15 is 0 Å². The van der Waals surface area contributed by atoms with Gasteiger partial charge in [-0.1, -0.05) is 6.07 Å². The lowest BCUT2D eigenvalue weighted by Gasteiger charge is -2.23. The molecule has 1 aromatic rings. The molecular formula is C15H21NO4. The third kappa shape index (κ3) is 3.42. The van der Waals surface area contributed by atoms with Crippen molar-refractivity contribution in [2.24, 2.45) is 0 Å². The first-order chi connectivity index (χ1) is 9.74. The van der Waals surface area contributed by atoms with Crippen LogP contribution in [0.5, 0.6) is 11.5 Å². The summed E-state index contributed by atoms with van der Waals surface area (Å²) < 4.78 is 11.0. The summed E-state index contributed by atoms with van der Waals surface area (Å²) in [6.45, 7) is 1.86. The van der Waals surface area contributed by atoms with Gasteiger partial charge in [-0.2, -0.15) is 0 Å². The van der Waals surface area contributed by atoms with E-state index < -0.39 is 0 Å². The molecule has 0 fully saturated rings. The van der Waals surface area contributed by atoms with E-state index in [0.29, 0.717) is 36.8 Å². The van der Waals surface area contributed by atoms with Crippen LogP contribution in [0.4, 0.5) is 0 Å². The van der Waals surface area contributed by atoms with Gasteiger partial charge in [0, 0.05) is 20.2 Å². The Morgan fingerprint density at radius 1 is 1.25 bits per heavy atom. The second-order valence-electron chi connectivity index (χ2n) is 4.84. The van der Waals surface area contributed by atoms with Crippen molar-refractivity contribution in [1.29, 1.82) is 0 Å². The zero-order valence-electron chi connectivity index (χ0n) is 11.8. The normalized spacial score (nSPS) is 13.1. The zero-order valence-corrected chi connectivity index (χ0v) is 11.8. The van der Waals surface area contributed by atoms with Crippen LogP contribution in [-0.4, -0.2) is 49.3 Å². The fraction of sp³-hybridized carbons (Fsp3) is 0.533. The van der Waals surface area contributed by atoms with Gasteiger partial charge in [-0.15, -0.1) is 0 Å². The van der Waals surface area contributed by atoms with Crippen molar-refractivity contribution >= 4 is 5.91 Å². The average Bonchev–Trinajstić information content (AvgIpc) is 2.50. The lowest BCUT2D eigenvalue weighted by molar-refractivity contribution is 0.0781. The van der Waals surface area contributed by atoms with Crippen LogP contribution in [-0.2, 0) is 0 Å². The van der Waals surface area contributed by atoms with Gasteiger partial charge in [0.15, 0.2) is 11.5 Å². The smallest absolute Gasteiger partial charge is 0.257 e. The average molecular weight is 279 g/mol. The van der Waals surface area contributed by atoms with Crippen molar-refractivity contribution in [3.05, 3.63) is 23.8 Å². The predicted octanol–water partition coefficient (Wildman–Crippen LogP) is 1.69. The van der Waals surface area contributed by atoms with E-state index in [9.17, 15) is 4.79 Å². The lowest BCUT2D eigenvalue weighted by Crippen LogP contribution is -2.29. The second-order valence-corrected chi connectivity index (χ2v) is 4.84. The van der Waals surface area contributed by atoms with Crippen LogP contribution < -0.4 is 9.47 Å². The van der Waals surface area contributed by atoms with Gasteiger partial charge in [0.05, 0.1) is 5.56 Å². The molecule has 0 bridgehead atoms. The van der Waals surface area contributed by atoms with Gasteiger partial charge >= 0.3 is 0 Å². The summed E-state index contributed by atoms with van der Waals surface area (Å²) in [5.41, 5.74) is 0.548. The van der Waals surface area contributed by atoms with Gasteiger partial charge in [0.25, 0.3) is 5.91 Å². The van der Waals surface area contributed by atoms with Crippen LogP contribution in [0.3, 0.4) is 0 Å². The van der Waals surface area contributed by atoms with Gasteiger partial charge in [-0.3, -0.25) is 4.79 Å². The minimum absolute atomic E-state index is 0.0589. The molecule has 1 amide bonds. The second kappa shape index (κ2) is 7.14. The number of nitrogens with zero attached hydrogens (tertiary/aromatic N) is 1. The standard InChI is InChI=1S/C15H21NO4/c1-16(8-3-2-4-9-17)15(18)12-6-5-7-13-14(12)20-11-10-19-13/h5-7,17H,2-4,8-11H2,1H3. The Morgan fingerprint density at radius 3 is 2.85 bits per heavy atom. The molecule has 2 rings (SSSR count). The topological polar surface area (TPSA) is 59.0 Å². The Bertz CT molecular complexity index is 461. The van der Waals surface area contributed by atoms with Crippen molar-refractivity contribution in [2.45, 2.75) is 19.3 Å². The fourth-order valence-electron chi connectivity index (χ4n) is 2.19. The first kappa shape index (κ1) is 14.7. The summed E-state index contributed by atoms with van der Waals surface area (Å²) in [5, 5.41) is 8.74. The molecule has 110 valence electrons. The summed E-state index contributed by atoms with van der Waals surface area (Å²) in [6.07, 6.45) is 2.58. The maximum absolute atomic E-state index is 12.4. The molecule has 0 saturated carbocycles. The predicted molar refractivity (Wildman–Crippen MR) is 75.3 cm³/mol. The molecule has 0 aromatic heterocycles. The molecule has 0 unspecified atom stereocenters. The van der Waals surface area contributed by atoms with Crippen LogP contribution >= 0.6 is 0 Å². The van der Waals surface area contributed by atoms with E-state index in [1.165, 1.54) is 0 Å². The lowest BCUT2D eigenvalue weighted by atomic mass is 10.1. The summed E-state index contributed by atoms with van der Waals surface area (Å²) in [4.78, 5) is 14.1. The molecule has 0 radical (unpaired) electrons. The van der Waals surface area contributed by atoms with Gasteiger partial charge in [0.2, 0.25) is 0 Å². The van der Waals surface area contributed by atoms with E-state index in [1.807, 2.05) is 6.07 Å². The third-order valence-electron chi connectivity index (χ3n) is 3.29. The molecule has 0 spiro atoms. The van der Waals surface area contributed by atoms with Gasteiger partial charge < -0.3 is 19.5 Å². The van der Waals surface area contributed by atoms with Gasteiger partial charge in [-0.05, 0) is 31.4 Å². The van der Waals surface area contributed by atoms with E-state index in [4.69, 9.17) is 14.6 Å². The number of ether oxygens (including phenoxy) is 2.